The molecule has 2 amide bonds. The summed E-state index contributed by atoms with van der Waals surface area (Å²) in [6.07, 6.45) is 0.677. The number of amidine groups is 2. The number of carbonyl (C=O) groups is 2. The smallest absolute Gasteiger partial charge is 0.259 e. The Morgan fingerprint density at radius 2 is 1.80 bits per heavy atom. The van der Waals surface area contributed by atoms with Crippen molar-refractivity contribution in [2.45, 2.75) is 26.3 Å². The van der Waals surface area contributed by atoms with Gasteiger partial charge in [-0.05, 0) is 48.7 Å². The molecule has 0 saturated carbocycles. The Kier molecular flexibility index (Phi) is 6.60. The molecule has 0 unspecified atom stereocenters. The van der Waals surface area contributed by atoms with Crippen molar-refractivity contribution in [3.63, 3.8) is 0 Å². The normalized spacial score (nSPS) is 19.5. The third kappa shape index (κ3) is 4.82. The Morgan fingerprint density at radius 1 is 1.09 bits per heavy atom. The van der Waals surface area contributed by atoms with Crippen LogP contribution in [0, 0.1) is 11.7 Å². The monoisotopic (exact) mass is 493 g/mol. The molecule has 0 bridgehead atoms. The Balaban J connectivity index is 1.25. The summed E-state index contributed by atoms with van der Waals surface area (Å²) in [5, 5.41) is 0.511. The van der Waals surface area contributed by atoms with E-state index in [0.717, 1.165) is 16.9 Å². The van der Waals surface area contributed by atoms with Crippen molar-refractivity contribution in [1.82, 2.24) is 9.80 Å². The molecule has 2 aromatic carbocycles. The van der Waals surface area contributed by atoms with E-state index < -0.39 is 6.04 Å². The van der Waals surface area contributed by atoms with Crippen LogP contribution < -0.4 is 4.90 Å². The molecule has 1 fully saturated rings. The number of carbonyl (C=O) groups excluding carboxylic acids is 2. The van der Waals surface area contributed by atoms with Crippen LogP contribution in [-0.4, -0.2) is 70.6 Å². The van der Waals surface area contributed by atoms with Gasteiger partial charge in [0.05, 0.1) is 11.4 Å². The molecule has 3 heterocycles. The van der Waals surface area contributed by atoms with Crippen LogP contribution in [0.5, 0.6) is 0 Å². The van der Waals surface area contributed by atoms with Crippen LogP contribution >= 0.6 is 11.8 Å². The summed E-state index contributed by atoms with van der Waals surface area (Å²) in [5.74, 6) is 0.855. The molecule has 182 valence electrons. The minimum absolute atomic E-state index is 0.0131. The topological polar surface area (TPSA) is 68.6 Å². The molecule has 3 aliphatic rings. The highest BCUT2D eigenvalue weighted by Crippen LogP contribution is 2.34. The summed E-state index contributed by atoms with van der Waals surface area (Å²) in [6, 6.07) is 13.7. The molecule has 5 rings (SSSR count). The first-order chi connectivity index (χ1) is 16.9. The molecule has 0 N–H and O–H groups in total. The van der Waals surface area contributed by atoms with Crippen LogP contribution in [-0.2, 0) is 9.59 Å². The fourth-order valence-electron chi connectivity index (χ4n) is 4.58. The van der Waals surface area contributed by atoms with E-state index in [9.17, 15) is 14.0 Å². The van der Waals surface area contributed by atoms with Gasteiger partial charge in [0.1, 0.15) is 17.7 Å². The maximum absolute atomic E-state index is 13.2. The van der Waals surface area contributed by atoms with Gasteiger partial charge in [-0.3, -0.25) is 14.6 Å². The Morgan fingerprint density at radius 3 is 2.51 bits per heavy atom. The summed E-state index contributed by atoms with van der Waals surface area (Å²) >= 11 is 1.29. The predicted molar refractivity (Wildman–Crippen MR) is 138 cm³/mol. The second kappa shape index (κ2) is 9.81. The van der Waals surface area contributed by atoms with E-state index in [2.05, 4.69) is 18.7 Å². The summed E-state index contributed by atoms with van der Waals surface area (Å²) in [5.41, 5.74) is 2.57. The fraction of sp³-hybridized carbons (Fsp3) is 0.385. The Labute approximate surface area is 208 Å². The summed E-state index contributed by atoms with van der Waals surface area (Å²) in [7, 11) is 0. The number of benzene rings is 2. The zero-order chi connectivity index (χ0) is 24.5. The van der Waals surface area contributed by atoms with Crippen molar-refractivity contribution in [3.05, 3.63) is 59.9 Å². The largest absolute Gasteiger partial charge is 0.368 e. The standard InChI is InChI=1S/C26H28FN5O2S/c1-17(2)15-22-25(34)32-24(28-22)20-5-3-4-6-21(20)29-26(32)35-16-23(33)31-13-11-30(12-14-31)19-9-7-18(27)8-10-19/h3-10,17,22H,11-16H2,1-2H3/t22-/m1/s1. The number of thioether (sulfide) groups is 1. The molecule has 0 radical (unpaired) electrons. The molecule has 9 heteroatoms. The number of para-hydroxylation sites is 1. The van der Waals surface area contributed by atoms with E-state index in [4.69, 9.17) is 9.98 Å². The minimum Gasteiger partial charge on any atom is -0.368 e. The van der Waals surface area contributed by atoms with Crippen LogP contribution in [0.15, 0.2) is 58.5 Å². The SMILES string of the molecule is CC(C)C[C@H]1N=C2c3ccccc3N=C(SCC(=O)N3CCN(c4ccc(F)cc4)CC3)N2C1=O. The van der Waals surface area contributed by atoms with E-state index >= 15 is 0 Å². The third-order valence-corrected chi connectivity index (χ3v) is 7.31. The van der Waals surface area contributed by atoms with Gasteiger partial charge >= 0.3 is 0 Å². The van der Waals surface area contributed by atoms with E-state index in [1.54, 1.807) is 17.0 Å². The molecule has 1 saturated heterocycles. The molecule has 7 nitrogen and oxygen atoms in total. The van der Waals surface area contributed by atoms with Crippen molar-refractivity contribution in [3.8, 4) is 0 Å². The van der Waals surface area contributed by atoms with E-state index in [-0.39, 0.29) is 23.4 Å². The Hall–Kier alpha value is -3.20. The van der Waals surface area contributed by atoms with Crippen LogP contribution in [0.2, 0.25) is 0 Å². The van der Waals surface area contributed by atoms with Gasteiger partial charge in [-0.25, -0.2) is 14.3 Å². The lowest BCUT2D eigenvalue weighted by Gasteiger charge is -2.36. The Bertz CT molecular complexity index is 1190. The number of hydrogen-bond acceptors (Lipinski definition) is 6. The lowest BCUT2D eigenvalue weighted by Crippen LogP contribution is -2.49. The molecule has 1 atom stereocenters. The lowest BCUT2D eigenvalue weighted by atomic mass is 10.0. The van der Waals surface area contributed by atoms with E-state index in [1.807, 2.05) is 29.2 Å². The van der Waals surface area contributed by atoms with Gasteiger partial charge in [-0.1, -0.05) is 37.7 Å². The summed E-state index contributed by atoms with van der Waals surface area (Å²) in [4.78, 5) is 41.3. The molecule has 3 aliphatic heterocycles. The molecular weight excluding hydrogens is 465 g/mol. The van der Waals surface area contributed by atoms with Gasteiger partial charge < -0.3 is 9.80 Å². The lowest BCUT2D eigenvalue weighted by molar-refractivity contribution is -0.128. The number of halogens is 1. The highest BCUT2D eigenvalue weighted by atomic mass is 32.2. The highest BCUT2D eigenvalue weighted by molar-refractivity contribution is 8.14. The number of anilines is 1. The third-order valence-electron chi connectivity index (χ3n) is 6.39. The van der Waals surface area contributed by atoms with Crippen LogP contribution in [0.3, 0.4) is 0 Å². The number of fused-ring (bicyclic) bond motifs is 3. The van der Waals surface area contributed by atoms with Gasteiger partial charge in [-0.2, -0.15) is 0 Å². The molecule has 0 spiro atoms. The van der Waals surface area contributed by atoms with Crippen LogP contribution in [0.1, 0.15) is 25.8 Å². The van der Waals surface area contributed by atoms with Gasteiger partial charge in [0.15, 0.2) is 5.17 Å². The van der Waals surface area contributed by atoms with Gasteiger partial charge in [0.2, 0.25) is 5.91 Å². The quantitative estimate of drug-likeness (QED) is 0.633. The maximum atomic E-state index is 13.2. The van der Waals surface area contributed by atoms with Gasteiger partial charge in [-0.15, -0.1) is 0 Å². The number of rotatable bonds is 5. The van der Waals surface area contributed by atoms with Crippen LogP contribution in [0.25, 0.3) is 0 Å². The average Bonchev–Trinajstić information content (AvgIpc) is 3.18. The molecular formula is C26H28FN5O2S. The first kappa shape index (κ1) is 23.5. The fourth-order valence-corrected chi connectivity index (χ4v) is 5.49. The molecule has 2 aromatic rings. The van der Waals surface area contributed by atoms with Gasteiger partial charge in [0.25, 0.3) is 5.91 Å². The van der Waals surface area contributed by atoms with E-state index in [1.165, 1.54) is 23.9 Å². The summed E-state index contributed by atoms with van der Waals surface area (Å²) in [6.45, 7) is 6.73. The van der Waals surface area contributed by atoms with Gasteiger partial charge in [0, 0.05) is 37.4 Å². The van der Waals surface area contributed by atoms with Crippen molar-refractivity contribution < 1.29 is 14.0 Å². The van der Waals surface area contributed by atoms with Crippen molar-refractivity contribution in [2.75, 3.05) is 36.8 Å². The number of amides is 2. The van der Waals surface area contributed by atoms with Crippen molar-refractivity contribution in [1.29, 1.82) is 0 Å². The maximum Gasteiger partial charge on any atom is 0.259 e. The van der Waals surface area contributed by atoms with E-state index in [0.29, 0.717) is 49.5 Å². The molecule has 35 heavy (non-hydrogen) atoms. The minimum atomic E-state index is -0.419. The molecule has 0 aliphatic carbocycles. The molecule has 0 aromatic heterocycles. The zero-order valence-corrected chi connectivity index (χ0v) is 20.7. The second-order valence-corrected chi connectivity index (χ2v) is 10.3. The number of hydrogen-bond donors (Lipinski definition) is 0. The number of aliphatic imine (C=N–C) groups is 2. The predicted octanol–water partition coefficient (Wildman–Crippen LogP) is 3.91. The summed E-state index contributed by atoms with van der Waals surface area (Å²) < 4.78 is 13.2. The number of nitrogens with zero attached hydrogens (tertiary/aromatic N) is 5. The second-order valence-electron chi connectivity index (χ2n) is 9.32. The first-order valence-corrected chi connectivity index (χ1v) is 12.9. The number of piperazine rings is 1. The highest BCUT2D eigenvalue weighted by Gasteiger charge is 2.41. The zero-order valence-electron chi connectivity index (χ0n) is 19.9. The first-order valence-electron chi connectivity index (χ1n) is 11.9. The average molecular weight is 494 g/mol. The van der Waals surface area contributed by atoms with Crippen molar-refractivity contribution >= 4 is 46.0 Å². The van der Waals surface area contributed by atoms with Crippen molar-refractivity contribution in [2.24, 2.45) is 15.9 Å². The van der Waals surface area contributed by atoms with Crippen LogP contribution in [0.4, 0.5) is 15.8 Å².